The van der Waals surface area contributed by atoms with Crippen molar-refractivity contribution in [1.29, 1.82) is 0 Å². The highest BCUT2D eigenvalue weighted by molar-refractivity contribution is 9.10. The third kappa shape index (κ3) is 3.67. The van der Waals surface area contributed by atoms with E-state index < -0.39 is 23.8 Å². The summed E-state index contributed by atoms with van der Waals surface area (Å²) in [5.41, 5.74) is 2.22. The minimum Gasteiger partial charge on any atom is -0.468 e. The van der Waals surface area contributed by atoms with Crippen molar-refractivity contribution < 1.29 is 23.5 Å². The summed E-state index contributed by atoms with van der Waals surface area (Å²) in [4.78, 5) is 29.4. The van der Waals surface area contributed by atoms with Gasteiger partial charge < -0.3 is 13.9 Å². The van der Waals surface area contributed by atoms with Gasteiger partial charge in [-0.25, -0.2) is 4.79 Å². The van der Waals surface area contributed by atoms with Crippen molar-refractivity contribution in [2.75, 3.05) is 14.2 Å². The lowest BCUT2D eigenvalue weighted by Crippen LogP contribution is -2.35. The number of ether oxygens (including phenoxy) is 2. The number of allylic oxidation sites excluding steroid dienone is 1. The summed E-state index contributed by atoms with van der Waals surface area (Å²) in [6.45, 7) is 3.46. The second kappa shape index (κ2) is 8.14. The van der Waals surface area contributed by atoms with Crippen molar-refractivity contribution in [3.63, 3.8) is 0 Å². The maximum atomic E-state index is 12.5. The predicted octanol–water partition coefficient (Wildman–Crippen LogP) is 4.50. The van der Waals surface area contributed by atoms with Crippen molar-refractivity contribution >= 4 is 33.6 Å². The van der Waals surface area contributed by atoms with Crippen LogP contribution in [0.15, 0.2) is 61.6 Å². The van der Waals surface area contributed by atoms with E-state index in [1.54, 1.807) is 19.9 Å². The summed E-state index contributed by atoms with van der Waals surface area (Å²) >= 11 is 3.45. The molecule has 0 saturated carbocycles. The molecule has 0 saturated heterocycles. The lowest BCUT2D eigenvalue weighted by molar-refractivity contribution is -0.144. The summed E-state index contributed by atoms with van der Waals surface area (Å²) in [6, 6.07) is 11.3. The second-order valence-corrected chi connectivity index (χ2v) is 7.35. The fourth-order valence-electron chi connectivity index (χ4n) is 3.47. The highest BCUT2D eigenvalue weighted by Crippen LogP contribution is 2.41. The third-order valence-electron chi connectivity index (χ3n) is 4.73. The van der Waals surface area contributed by atoms with Crippen molar-refractivity contribution in [3.05, 3.63) is 57.9 Å². The summed E-state index contributed by atoms with van der Waals surface area (Å²) in [7, 11) is 2.61. The Bertz CT molecular complexity index is 988. The number of aliphatic imine (C=N–C) groups is 1. The number of furan rings is 1. The molecule has 0 aliphatic carbocycles. The molecule has 2 heterocycles. The van der Waals surface area contributed by atoms with Crippen LogP contribution < -0.4 is 0 Å². The molecule has 7 heteroatoms. The van der Waals surface area contributed by atoms with Gasteiger partial charge in [0, 0.05) is 21.4 Å². The van der Waals surface area contributed by atoms with Gasteiger partial charge in [-0.3, -0.25) is 9.79 Å². The number of esters is 2. The molecule has 0 N–H and O–H groups in total. The molecule has 1 aliphatic rings. The lowest BCUT2D eigenvalue weighted by atomic mass is 9.78. The fourth-order valence-corrected chi connectivity index (χ4v) is 3.87. The molecule has 3 rings (SSSR count). The molecule has 6 nitrogen and oxygen atoms in total. The Morgan fingerprint density at radius 3 is 2.50 bits per heavy atom. The van der Waals surface area contributed by atoms with Gasteiger partial charge in [0.05, 0.1) is 25.7 Å². The van der Waals surface area contributed by atoms with Crippen molar-refractivity contribution in [3.8, 4) is 11.3 Å². The summed E-state index contributed by atoms with van der Waals surface area (Å²) in [5, 5.41) is 0. The molecule has 1 unspecified atom stereocenters. The van der Waals surface area contributed by atoms with Gasteiger partial charge in [-0.05, 0) is 38.1 Å². The number of hydrogen-bond donors (Lipinski definition) is 0. The first-order valence-corrected chi connectivity index (χ1v) is 9.44. The van der Waals surface area contributed by atoms with Crippen LogP contribution in [0.4, 0.5) is 0 Å². The zero-order valence-corrected chi connectivity index (χ0v) is 17.6. The monoisotopic (exact) mass is 445 g/mol. The van der Waals surface area contributed by atoms with Crippen LogP contribution in [0.5, 0.6) is 0 Å². The Balaban J connectivity index is 2.13. The number of hydrogen-bond acceptors (Lipinski definition) is 6. The molecule has 1 aliphatic heterocycles. The van der Waals surface area contributed by atoms with Crippen molar-refractivity contribution in [2.24, 2.45) is 10.9 Å². The number of methoxy groups -OCH3 is 2. The smallest absolute Gasteiger partial charge is 0.336 e. The topological polar surface area (TPSA) is 78.1 Å². The SMILES string of the molecule is COC(=O)C1=C(C)N=C(C)C(C(=O)OC)[C@@H]1c1ccc(-c2cccc(Br)c2)o1. The van der Waals surface area contributed by atoms with Gasteiger partial charge in [-0.15, -0.1) is 0 Å². The second-order valence-electron chi connectivity index (χ2n) is 6.43. The molecule has 0 radical (unpaired) electrons. The molecule has 1 aromatic heterocycles. The Labute approximate surface area is 171 Å². The highest BCUT2D eigenvalue weighted by atomic mass is 79.9. The van der Waals surface area contributed by atoms with Gasteiger partial charge in [0.15, 0.2) is 0 Å². The number of carbonyl (C=O) groups excluding carboxylic acids is 2. The fraction of sp³-hybridized carbons (Fsp3) is 0.286. The molecule has 2 atom stereocenters. The van der Waals surface area contributed by atoms with Crippen LogP contribution in [0.1, 0.15) is 25.5 Å². The van der Waals surface area contributed by atoms with Gasteiger partial charge in [0.1, 0.15) is 17.4 Å². The number of rotatable bonds is 4. The minimum absolute atomic E-state index is 0.290. The molecule has 28 heavy (non-hydrogen) atoms. The van der Waals surface area contributed by atoms with Crippen LogP contribution >= 0.6 is 15.9 Å². The molecule has 0 spiro atoms. The average molecular weight is 446 g/mol. The normalized spacial score (nSPS) is 19.2. The molecule has 1 aromatic carbocycles. The Kier molecular flexibility index (Phi) is 5.84. The first kappa shape index (κ1) is 20.1. The largest absolute Gasteiger partial charge is 0.468 e. The van der Waals surface area contributed by atoms with E-state index in [-0.39, 0.29) is 0 Å². The number of halogens is 1. The van der Waals surface area contributed by atoms with Gasteiger partial charge in [0.2, 0.25) is 0 Å². The molecular formula is C21H20BrNO5. The molecule has 0 amide bonds. The zero-order valence-electron chi connectivity index (χ0n) is 16.0. The summed E-state index contributed by atoms with van der Waals surface area (Å²) < 4.78 is 16.9. The quantitative estimate of drug-likeness (QED) is 0.647. The van der Waals surface area contributed by atoms with Crippen LogP contribution in [0, 0.1) is 5.92 Å². The molecular weight excluding hydrogens is 426 g/mol. The maximum Gasteiger partial charge on any atom is 0.336 e. The Morgan fingerprint density at radius 1 is 1.11 bits per heavy atom. The first-order valence-electron chi connectivity index (χ1n) is 8.65. The summed E-state index contributed by atoms with van der Waals surface area (Å²) in [5.74, 6) is -1.39. The number of benzene rings is 1. The molecule has 0 bridgehead atoms. The number of carbonyl (C=O) groups is 2. The van der Waals surface area contributed by atoms with Crippen LogP contribution in [0.2, 0.25) is 0 Å². The molecule has 2 aromatic rings. The first-order chi connectivity index (χ1) is 13.4. The van der Waals surface area contributed by atoms with E-state index in [1.807, 2.05) is 30.3 Å². The van der Waals surface area contributed by atoms with E-state index in [9.17, 15) is 9.59 Å². The van der Waals surface area contributed by atoms with E-state index in [4.69, 9.17) is 13.9 Å². The standard InChI is InChI=1S/C21H20BrNO5/c1-11-17(20(24)26-3)19(18(12(2)23-11)21(25)27-4)16-9-8-15(28-16)13-6-5-7-14(22)10-13/h5-10,17,19H,1-4H3/t17?,19-/m0/s1. The van der Waals surface area contributed by atoms with Crippen LogP contribution in [-0.4, -0.2) is 31.9 Å². The van der Waals surface area contributed by atoms with E-state index in [2.05, 4.69) is 20.9 Å². The lowest BCUT2D eigenvalue weighted by Gasteiger charge is -2.29. The maximum absolute atomic E-state index is 12.5. The van der Waals surface area contributed by atoms with E-state index >= 15 is 0 Å². The average Bonchev–Trinajstić information content (AvgIpc) is 3.16. The van der Waals surface area contributed by atoms with Gasteiger partial charge in [0.25, 0.3) is 0 Å². The van der Waals surface area contributed by atoms with Crippen LogP contribution in [0.3, 0.4) is 0 Å². The van der Waals surface area contributed by atoms with E-state index in [0.29, 0.717) is 28.5 Å². The van der Waals surface area contributed by atoms with Crippen LogP contribution in [0.25, 0.3) is 11.3 Å². The van der Waals surface area contributed by atoms with Gasteiger partial charge in [-0.2, -0.15) is 0 Å². The molecule has 146 valence electrons. The van der Waals surface area contributed by atoms with Crippen molar-refractivity contribution in [2.45, 2.75) is 19.8 Å². The number of nitrogens with zero attached hydrogens (tertiary/aromatic N) is 1. The van der Waals surface area contributed by atoms with Crippen molar-refractivity contribution in [1.82, 2.24) is 0 Å². The minimum atomic E-state index is -0.774. The van der Waals surface area contributed by atoms with E-state index in [1.165, 1.54) is 14.2 Å². The van der Waals surface area contributed by atoms with Crippen LogP contribution in [-0.2, 0) is 19.1 Å². The Morgan fingerprint density at radius 2 is 1.86 bits per heavy atom. The van der Waals surface area contributed by atoms with Gasteiger partial charge >= 0.3 is 11.9 Å². The predicted molar refractivity (Wildman–Crippen MR) is 108 cm³/mol. The summed E-state index contributed by atoms with van der Waals surface area (Å²) in [6.07, 6.45) is 0. The van der Waals surface area contributed by atoms with Gasteiger partial charge in [-0.1, -0.05) is 28.1 Å². The Hall–Kier alpha value is -2.67. The third-order valence-corrected chi connectivity index (χ3v) is 5.22. The van der Waals surface area contributed by atoms with E-state index in [0.717, 1.165) is 10.0 Å². The highest BCUT2D eigenvalue weighted by Gasteiger charge is 2.43. The zero-order chi connectivity index (χ0) is 20.4. The molecule has 0 fully saturated rings.